The number of primary amides is 1. The van der Waals surface area contributed by atoms with Crippen LogP contribution >= 0.6 is 0 Å². The van der Waals surface area contributed by atoms with Gasteiger partial charge in [-0.1, -0.05) is 13.8 Å². The third-order valence-electron chi connectivity index (χ3n) is 3.54. The Labute approximate surface area is 125 Å². The first-order valence-corrected chi connectivity index (χ1v) is 7.28. The minimum Gasteiger partial charge on any atom is -0.480 e. The van der Waals surface area contributed by atoms with E-state index in [-0.39, 0.29) is 25.2 Å². The van der Waals surface area contributed by atoms with Gasteiger partial charge in [0.15, 0.2) is 0 Å². The van der Waals surface area contributed by atoms with E-state index in [4.69, 9.17) is 16.6 Å². The summed E-state index contributed by atoms with van der Waals surface area (Å²) in [6.45, 7) is 4.72. The van der Waals surface area contributed by atoms with Crippen LogP contribution in [0.15, 0.2) is 0 Å². The summed E-state index contributed by atoms with van der Waals surface area (Å²) in [6, 6.07) is -1.07. The molecule has 2 atom stereocenters. The molecule has 0 aromatic carbocycles. The summed E-state index contributed by atoms with van der Waals surface area (Å²) in [6.07, 6.45) is 1.70. The first-order chi connectivity index (χ1) is 9.77. The van der Waals surface area contributed by atoms with Gasteiger partial charge in [-0.3, -0.25) is 9.59 Å². The zero-order chi connectivity index (χ0) is 16.4. The molecule has 0 saturated heterocycles. The zero-order valence-corrected chi connectivity index (χ0v) is 12.8. The Morgan fingerprint density at radius 2 is 1.71 bits per heavy atom. The Morgan fingerprint density at radius 3 is 2.14 bits per heavy atom. The highest BCUT2D eigenvalue weighted by Gasteiger charge is 2.21. The number of carbonyl (C=O) groups is 3. The van der Waals surface area contributed by atoms with Crippen molar-refractivity contribution in [3.63, 3.8) is 0 Å². The van der Waals surface area contributed by atoms with Gasteiger partial charge in [-0.05, 0) is 37.6 Å². The van der Waals surface area contributed by atoms with Crippen molar-refractivity contribution in [1.29, 1.82) is 0 Å². The van der Waals surface area contributed by atoms with Crippen LogP contribution in [-0.4, -0.2) is 35.5 Å². The number of amides is 2. The summed E-state index contributed by atoms with van der Waals surface area (Å²) in [5.74, 6) is -1.30. The number of aliphatic carboxylic acids is 1. The number of carboxylic acid groups (broad SMARTS) is 1. The molecule has 0 aliphatic carbocycles. The third-order valence-corrected chi connectivity index (χ3v) is 3.54. The minimum atomic E-state index is -1.16. The van der Waals surface area contributed by atoms with Crippen molar-refractivity contribution in [3.8, 4) is 0 Å². The summed E-state index contributed by atoms with van der Waals surface area (Å²) in [5, 5.41) is 11.4. The van der Waals surface area contributed by atoms with E-state index in [1.165, 1.54) is 0 Å². The quantitative estimate of drug-likeness (QED) is 0.433. The number of rotatable bonds is 11. The summed E-state index contributed by atoms with van der Waals surface area (Å²) >= 11 is 0. The van der Waals surface area contributed by atoms with Crippen LogP contribution in [0.4, 0.5) is 0 Å². The summed E-state index contributed by atoms with van der Waals surface area (Å²) in [5.41, 5.74) is 10.5. The van der Waals surface area contributed by atoms with Gasteiger partial charge in [-0.25, -0.2) is 4.79 Å². The molecule has 2 amide bonds. The standard InChI is InChI=1S/C14H27N3O4/c1-9(2)10(7-8-15)3-6-13(19)17-11(14(20)21)4-5-12(16)18/h9-11H,3-8,15H2,1-2H3,(H2,16,18)(H,17,19)(H,20,21). The number of carboxylic acids is 1. The second-order valence-corrected chi connectivity index (χ2v) is 5.58. The minimum absolute atomic E-state index is 0.00676. The number of hydrogen-bond acceptors (Lipinski definition) is 4. The van der Waals surface area contributed by atoms with E-state index >= 15 is 0 Å². The molecule has 0 saturated carbocycles. The maximum atomic E-state index is 11.8. The molecule has 0 fully saturated rings. The van der Waals surface area contributed by atoms with Crippen LogP contribution < -0.4 is 16.8 Å². The normalized spacial score (nSPS) is 13.7. The first kappa shape index (κ1) is 19.4. The molecule has 0 bridgehead atoms. The molecule has 0 radical (unpaired) electrons. The van der Waals surface area contributed by atoms with Gasteiger partial charge >= 0.3 is 5.97 Å². The van der Waals surface area contributed by atoms with E-state index in [0.29, 0.717) is 24.8 Å². The second kappa shape index (κ2) is 10.1. The van der Waals surface area contributed by atoms with Crippen LogP contribution in [-0.2, 0) is 14.4 Å². The Balaban J connectivity index is 4.30. The van der Waals surface area contributed by atoms with Crippen LogP contribution in [0, 0.1) is 11.8 Å². The number of hydrogen-bond donors (Lipinski definition) is 4. The zero-order valence-electron chi connectivity index (χ0n) is 12.8. The molecule has 0 aliphatic rings. The largest absolute Gasteiger partial charge is 0.480 e. The van der Waals surface area contributed by atoms with E-state index in [9.17, 15) is 14.4 Å². The van der Waals surface area contributed by atoms with E-state index in [2.05, 4.69) is 19.2 Å². The summed E-state index contributed by atoms with van der Waals surface area (Å²) < 4.78 is 0. The van der Waals surface area contributed by atoms with E-state index in [0.717, 1.165) is 6.42 Å². The molecule has 7 heteroatoms. The predicted octanol–water partition coefficient (Wildman–Crippen LogP) is 0.223. The smallest absolute Gasteiger partial charge is 0.326 e. The Morgan fingerprint density at radius 1 is 1.10 bits per heavy atom. The highest BCUT2D eigenvalue weighted by atomic mass is 16.4. The van der Waals surface area contributed by atoms with Crippen molar-refractivity contribution in [2.24, 2.45) is 23.3 Å². The SMILES string of the molecule is CC(C)C(CCN)CCC(=O)NC(CCC(N)=O)C(=O)O. The van der Waals surface area contributed by atoms with Gasteiger partial charge < -0.3 is 21.9 Å². The molecule has 0 rings (SSSR count). The van der Waals surface area contributed by atoms with Crippen molar-refractivity contribution in [2.75, 3.05) is 6.54 Å². The number of nitrogens with one attached hydrogen (secondary N) is 1. The van der Waals surface area contributed by atoms with Crippen LogP contribution in [0.2, 0.25) is 0 Å². The number of carbonyl (C=O) groups excluding carboxylic acids is 2. The molecule has 7 nitrogen and oxygen atoms in total. The monoisotopic (exact) mass is 301 g/mol. The fourth-order valence-corrected chi connectivity index (χ4v) is 2.15. The fourth-order valence-electron chi connectivity index (χ4n) is 2.15. The van der Waals surface area contributed by atoms with Crippen molar-refractivity contribution in [2.45, 2.75) is 52.0 Å². The van der Waals surface area contributed by atoms with E-state index in [1.54, 1.807) is 0 Å². The van der Waals surface area contributed by atoms with Gasteiger partial charge in [0.25, 0.3) is 0 Å². The second-order valence-electron chi connectivity index (χ2n) is 5.58. The lowest BCUT2D eigenvalue weighted by Gasteiger charge is -2.20. The molecule has 0 spiro atoms. The van der Waals surface area contributed by atoms with Gasteiger partial charge in [0.2, 0.25) is 11.8 Å². The maximum Gasteiger partial charge on any atom is 0.326 e. The van der Waals surface area contributed by atoms with Crippen molar-refractivity contribution >= 4 is 17.8 Å². The van der Waals surface area contributed by atoms with Gasteiger partial charge in [-0.2, -0.15) is 0 Å². The fraction of sp³-hybridized carbons (Fsp3) is 0.786. The van der Waals surface area contributed by atoms with Crippen LogP contribution in [0.25, 0.3) is 0 Å². The highest BCUT2D eigenvalue weighted by Crippen LogP contribution is 2.20. The predicted molar refractivity (Wildman–Crippen MR) is 79.2 cm³/mol. The molecular weight excluding hydrogens is 274 g/mol. The van der Waals surface area contributed by atoms with Crippen molar-refractivity contribution < 1.29 is 19.5 Å². The molecule has 0 aromatic heterocycles. The van der Waals surface area contributed by atoms with Crippen LogP contribution in [0.3, 0.4) is 0 Å². The lowest BCUT2D eigenvalue weighted by molar-refractivity contribution is -0.142. The molecular formula is C14H27N3O4. The average Bonchev–Trinajstić information content (AvgIpc) is 2.38. The van der Waals surface area contributed by atoms with Gasteiger partial charge in [0.05, 0.1) is 0 Å². The maximum absolute atomic E-state index is 11.8. The van der Waals surface area contributed by atoms with Crippen LogP contribution in [0.1, 0.15) is 46.0 Å². The van der Waals surface area contributed by atoms with Crippen molar-refractivity contribution in [1.82, 2.24) is 5.32 Å². The molecule has 21 heavy (non-hydrogen) atoms. The topological polar surface area (TPSA) is 136 Å². The lowest BCUT2D eigenvalue weighted by Crippen LogP contribution is -2.41. The van der Waals surface area contributed by atoms with Gasteiger partial charge in [0, 0.05) is 12.8 Å². The Hall–Kier alpha value is -1.63. The molecule has 0 heterocycles. The average molecular weight is 301 g/mol. The summed E-state index contributed by atoms with van der Waals surface area (Å²) in [7, 11) is 0. The number of nitrogens with two attached hydrogens (primary N) is 2. The lowest BCUT2D eigenvalue weighted by atomic mass is 9.88. The molecule has 0 aromatic rings. The van der Waals surface area contributed by atoms with Crippen molar-refractivity contribution in [3.05, 3.63) is 0 Å². The summed E-state index contributed by atoms with van der Waals surface area (Å²) in [4.78, 5) is 33.5. The molecule has 122 valence electrons. The van der Waals surface area contributed by atoms with Gasteiger partial charge in [-0.15, -0.1) is 0 Å². The van der Waals surface area contributed by atoms with Crippen LogP contribution in [0.5, 0.6) is 0 Å². The van der Waals surface area contributed by atoms with E-state index in [1.807, 2.05) is 0 Å². The van der Waals surface area contributed by atoms with Gasteiger partial charge in [0.1, 0.15) is 6.04 Å². The molecule has 2 unspecified atom stereocenters. The molecule has 0 aliphatic heterocycles. The Kier molecular flexibility index (Phi) is 9.36. The highest BCUT2D eigenvalue weighted by molar-refractivity contribution is 5.84. The third kappa shape index (κ3) is 9.01. The first-order valence-electron chi connectivity index (χ1n) is 7.28. The van der Waals surface area contributed by atoms with E-state index < -0.39 is 17.9 Å². The Bertz CT molecular complexity index is 358. The molecule has 6 N–H and O–H groups in total.